The number of benzene rings is 2. The van der Waals surface area contributed by atoms with Crippen molar-refractivity contribution < 1.29 is 18.7 Å². The number of hydrogen-bond acceptors (Lipinski definition) is 2. The third-order valence-electron chi connectivity index (χ3n) is 4.16. The van der Waals surface area contributed by atoms with Gasteiger partial charge in [0.15, 0.2) is 11.6 Å². The predicted octanol–water partition coefficient (Wildman–Crippen LogP) is 5.24. The van der Waals surface area contributed by atoms with Crippen LogP contribution in [0.5, 0.6) is 0 Å². The predicted molar refractivity (Wildman–Crippen MR) is 93.1 cm³/mol. The third kappa shape index (κ3) is 2.59. The average Bonchev–Trinajstić information content (AvgIpc) is 3.20. The number of aryl methyl sites for hydroxylation is 1. The molecular weight excluding hydrogens is 321 g/mol. The summed E-state index contributed by atoms with van der Waals surface area (Å²) in [4.78, 5) is 14.1. The number of carboxylic acid groups (broad SMARTS) is 1. The lowest BCUT2D eigenvalue weighted by Crippen LogP contribution is -1.94. The molecule has 0 spiro atoms. The number of aromatic amines is 1. The van der Waals surface area contributed by atoms with Crippen molar-refractivity contribution in [2.75, 3.05) is 0 Å². The van der Waals surface area contributed by atoms with Crippen LogP contribution in [0.25, 0.3) is 33.7 Å². The molecule has 0 fully saturated rings. The summed E-state index contributed by atoms with van der Waals surface area (Å²) in [5.41, 5.74) is 3.82. The Bertz CT molecular complexity index is 1090. The second-order valence-electron chi connectivity index (χ2n) is 5.91. The monoisotopic (exact) mass is 335 g/mol. The molecule has 0 radical (unpaired) electrons. The maximum absolute atomic E-state index is 14.6. The zero-order valence-electron chi connectivity index (χ0n) is 13.3. The van der Waals surface area contributed by atoms with E-state index in [4.69, 9.17) is 9.52 Å². The van der Waals surface area contributed by atoms with Crippen LogP contribution in [0.15, 0.2) is 59.0 Å². The van der Waals surface area contributed by atoms with Crippen molar-refractivity contribution in [1.29, 1.82) is 0 Å². The fourth-order valence-electron chi connectivity index (χ4n) is 2.83. The summed E-state index contributed by atoms with van der Waals surface area (Å²) < 4.78 is 20.3. The molecule has 0 saturated heterocycles. The highest BCUT2D eigenvalue weighted by Gasteiger charge is 2.17. The van der Waals surface area contributed by atoms with Crippen LogP contribution in [0, 0.1) is 12.7 Å². The number of carbonyl (C=O) groups is 1. The van der Waals surface area contributed by atoms with Gasteiger partial charge in [0.1, 0.15) is 5.58 Å². The Balaban J connectivity index is 1.74. The molecule has 2 aromatic carbocycles. The molecule has 4 rings (SSSR count). The normalized spacial score (nSPS) is 11.1. The second kappa shape index (κ2) is 5.63. The number of aromatic nitrogens is 1. The molecular formula is C20H14FNO3. The number of furan rings is 1. The molecule has 0 aliphatic carbocycles. The van der Waals surface area contributed by atoms with Gasteiger partial charge in [0.25, 0.3) is 0 Å². The zero-order chi connectivity index (χ0) is 17.6. The van der Waals surface area contributed by atoms with E-state index < -0.39 is 11.8 Å². The number of halogens is 1. The lowest BCUT2D eigenvalue weighted by atomic mass is 10.1. The molecule has 124 valence electrons. The number of nitrogens with one attached hydrogen (secondary N) is 1. The van der Waals surface area contributed by atoms with E-state index in [-0.39, 0.29) is 11.3 Å². The second-order valence-corrected chi connectivity index (χ2v) is 5.91. The van der Waals surface area contributed by atoms with Gasteiger partial charge in [0.2, 0.25) is 0 Å². The van der Waals surface area contributed by atoms with Crippen LogP contribution in [0.2, 0.25) is 0 Å². The molecule has 2 N–H and O–H groups in total. The first kappa shape index (κ1) is 15.2. The Labute approximate surface area is 142 Å². The third-order valence-corrected chi connectivity index (χ3v) is 4.16. The van der Waals surface area contributed by atoms with Crippen LogP contribution >= 0.6 is 0 Å². The average molecular weight is 335 g/mol. The van der Waals surface area contributed by atoms with Crippen molar-refractivity contribution in [3.63, 3.8) is 0 Å². The number of hydrogen-bond donors (Lipinski definition) is 2. The molecule has 0 aliphatic heterocycles. The van der Waals surface area contributed by atoms with Crippen molar-refractivity contribution in [1.82, 2.24) is 4.98 Å². The number of H-pyrrole nitrogens is 1. The van der Waals surface area contributed by atoms with E-state index in [2.05, 4.69) is 4.98 Å². The van der Waals surface area contributed by atoms with Crippen LogP contribution in [0.4, 0.5) is 4.39 Å². The van der Waals surface area contributed by atoms with Gasteiger partial charge in [-0.15, -0.1) is 0 Å². The Kier molecular flexibility index (Phi) is 3.42. The largest absolute Gasteiger partial charge is 0.478 e. The summed E-state index contributed by atoms with van der Waals surface area (Å²) >= 11 is 0. The summed E-state index contributed by atoms with van der Waals surface area (Å²) in [5, 5.41) is 9.40. The van der Waals surface area contributed by atoms with E-state index in [1.165, 1.54) is 12.1 Å². The van der Waals surface area contributed by atoms with E-state index in [9.17, 15) is 9.18 Å². The van der Waals surface area contributed by atoms with E-state index >= 15 is 0 Å². The molecule has 0 unspecified atom stereocenters. The minimum absolute atomic E-state index is 0.161. The summed E-state index contributed by atoms with van der Waals surface area (Å²) in [6.45, 7) is 1.92. The Hall–Kier alpha value is -3.34. The van der Waals surface area contributed by atoms with Crippen LogP contribution in [0.3, 0.4) is 0 Å². The number of aromatic carboxylic acids is 1. The molecule has 4 aromatic rings. The summed E-state index contributed by atoms with van der Waals surface area (Å²) in [5.74, 6) is -1.21. The van der Waals surface area contributed by atoms with Crippen molar-refractivity contribution in [3.05, 3.63) is 71.5 Å². The van der Waals surface area contributed by atoms with Gasteiger partial charge in [-0.05, 0) is 54.4 Å². The molecule has 0 atom stereocenters. The maximum atomic E-state index is 14.6. The SMILES string of the molecule is Cc1ccc2c(F)c(-c3ccc(-c4ccc(C(=O)O)cc4)[nH]3)oc2c1. The summed E-state index contributed by atoms with van der Waals surface area (Å²) in [7, 11) is 0. The Morgan fingerprint density at radius 2 is 1.76 bits per heavy atom. The van der Waals surface area contributed by atoms with Crippen molar-refractivity contribution in [3.8, 4) is 22.7 Å². The molecule has 0 aliphatic rings. The fraction of sp³-hybridized carbons (Fsp3) is 0.0500. The number of carboxylic acids is 1. The minimum atomic E-state index is -0.974. The lowest BCUT2D eigenvalue weighted by molar-refractivity contribution is 0.0697. The molecule has 0 bridgehead atoms. The number of rotatable bonds is 3. The van der Waals surface area contributed by atoms with Gasteiger partial charge >= 0.3 is 5.97 Å². The quantitative estimate of drug-likeness (QED) is 0.538. The van der Waals surface area contributed by atoms with Gasteiger partial charge < -0.3 is 14.5 Å². The first-order valence-corrected chi connectivity index (χ1v) is 7.75. The van der Waals surface area contributed by atoms with Gasteiger partial charge in [-0.25, -0.2) is 9.18 Å². The van der Waals surface area contributed by atoms with Gasteiger partial charge in [0.05, 0.1) is 16.6 Å². The van der Waals surface area contributed by atoms with Gasteiger partial charge in [-0.1, -0.05) is 18.2 Å². The van der Waals surface area contributed by atoms with E-state index in [1.54, 1.807) is 30.3 Å². The molecule has 4 nitrogen and oxygen atoms in total. The van der Waals surface area contributed by atoms with Crippen LogP contribution in [-0.2, 0) is 0 Å². The number of fused-ring (bicyclic) bond motifs is 1. The minimum Gasteiger partial charge on any atom is -0.478 e. The molecule has 5 heteroatoms. The highest BCUT2D eigenvalue weighted by atomic mass is 19.1. The van der Waals surface area contributed by atoms with E-state index in [1.807, 2.05) is 19.1 Å². The van der Waals surface area contributed by atoms with Crippen molar-refractivity contribution in [2.45, 2.75) is 6.92 Å². The Morgan fingerprint density at radius 1 is 1.04 bits per heavy atom. The molecule has 2 heterocycles. The fourth-order valence-corrected chi connectivity index (χ4v) is 2.83. The van der Waals surface area contributed by atoms with Gasteiger partial charge in [-0.2, -0.15) is 0 Å². The Morgan fingerprint density at radius 3 is 2.48 bits per heavy atom. The topological polar surface area (TPSA) is 66.2 Å². The molecule has 25 heavy (non-hydrogen) atoms. The highest BCUT2D eigenvalue weighted by molar-refractivity contribution is 5.88. The van der Waals surface area contributed by atoms with Crippen LogP contribution in [0.1, 0.15) is 15.9 Å². The standard InChI is InChI=1S/C20H14FNO3/c1-11-2-7-14-17(10-11)25-19(18(14)21)16-9-8-15(22-16)12-3-5-13(6-4-12)20(23)24/h2-10,22H,1H3,(H,23,24). The molecule has 0 amide bonds. The first-order chi connectivity index (χ1) is 12.0. The van der Waals surface area contributed by atoms with E-state index in [0.29, 0.717) is 16.7 Å². The summed E-state index contributed by atoms with van der Waals surface area (Å²) in [6.07, 6.45) is 0. The van der Waals surface area contributed by atoms with Crippen molar-refractivity contribution >= 4 is 16.9 Å². The zero-order valence-corrected chi connectivity index (χ0v) is 13.3. The molecule has 0 saturated carbocycles. The van der Waals surface area contributed by atoms with Crippen LogP contribution < -0.4 is 0 Å². The lowest BCUT2D eigenvalue weighted by Gasteiger charge is -1.99. The van der Waals surface area contributed by atoms with Crippen molar-refractivity contribution in [2.24, 2.45) is 0 Å². The van der Waals surface area contributed by atoms with Crippen LogP contribution in [-0.4, -0.2) is 16.1 Å². The summed E-state index contributed by atoms with van der Waals surface area (Å²) in [6, 6.07) is 15.4. The van der Waals surface area contributed by atoms with Gasteiger partial charge in [-0.3, -0.25) is 0 Å². The molecule has 2 aromatic heterocycles. The van der Waals surface area contributed by atoms with Gasteiger partial charge in [0, 0.05) is 5.69 Å². The smallest absolute Gasteiger partial charge is 0.335 e. The van der Waals surface area contributed by atoms with E-state index in [0.717, 1.165) is 16.8 Å². The first-order valence-electron chi connectivity index (χ1n) is 7.75. The highest BCUT2D eigenvalue weighted by Crippen LogP contribution is 2.33. The maximum Gasteiger partial charge on any atom is 0.335 e.